The number of hydrogen-bond acceptors (Lipinski definition) is 2. The zero-order valence-corrected chi connectivity index (χ0v) is 10.5. The average molecular weight is 251 g/mol. The van der Waals surface area contributed by atoms with E-state index in [1.54, 1.807) is 6.20 Å². The first kappa shape index (κ1) is 12.0. The number of alkyl halides is 1. The van der Waals surface area contributed by atoms with Crippen molar-refractivity contribution in [3.63, 3.8) is 0 Å². The van der Waals surface area contributed by atoms with E-state index in [9.17, 15) is 0 Å². The van der Waals surface area contributed by atoms with E-state index in [1.165, 1.54) is 5.69 Å². The van der Waals surface area contributed by atoms with Crippen LogP contribution in [-0.4, -0.2) is 16.4 Å². The van der Waals surface area contributed by atoms with Crippen LogP contribution in [0, 0.1) is 0 Å². The fourth-order valence-corrected chi connectivity index (χ4v) is 1.77. The number of nitrogens with zero attached hydrogens (tertiary/aromatic N) is 2. The predicted molar refractivity (Wildman–Crippen MR) is 68.4 cm³/mol. The topological polar surface area (TPSA) is 27.1 Å². The van der Waals surface area contributed by atoms with Gasteiger partial charge in [0.05, 0.1) is 6.61 Å². The third-order valence-corrected chi connectivity index (χ3v) is 2.94. The maximum atomic E-state index is 5.72. The van der Waals surface area contributed by atoms with Crippen LogP contribution in [0.5, 0.6) is 5.75 Å². The van der Waals surface area contributed by atoms with E-state index in [-0.39, 0.29) is 0 Å². The average Bonchev–Trinajstić information content (AvgIpc) is 2.76. The number of aromatic nitrogens is 2. The summed E-state index contributed by atoms with van der Waals surface area (Å²) in [6, 6.07) is 9.85. The largest absolute Gasteiger partial charge is 0.493 e. The van der Waals surface area contributed by atoms with Crippen LogP contribution in [0.25, 0.3) is 0 Å². The number of halogens is 1. The van der Waals surface area contributed by atoms with Crippen LogP contribution in [0.2, 0.25) is 0 Å². The smallest absolute Gasteiger partial charge is 0.119 e. The molecule has 1 aromatic carbocycles. The molecule has 0 atom stereocenters. The van der Waals surface area contributed by atoms with Gasteiger partial charge in [-0.3, -0.25) is 4.68 Å². The van der Waals surface area contributed by atoms with Crippen molar-refractivity contribution in [3.05, 3.63) is 47.8 Å². The van der Waals surface area contributed by atoms with Gasteiger partial charge in [0.1, 0.15) is 5.75 Å². The minimum absolute atomic E-state index is 0.537. The molecule has 0 bridgehead atoms. The van der Waals surface area contributed by atoms with Gasteiger partial charge < -0.3 is 4.74 Å². The van der Waals surface area contributed by atoms with Crippen molar-refractivity contribution in [1.29, 1.82) is 0 Å². The summed E-state index contributed by atoms with van der Waals surface area (Å²) in [4.78, 5) is 0. The molecule has 0 unspecified atom stereocenters. The number of benzene rings is 1. The van der Waals surface area contributed by atoms with Crippen LogP contribution < -0.4 is 4.74 Å². The summed E-state index contributed by atoms with van der Waals surface area (Å²) in [5.74, 6) is 1.41. The molecule has 0 spiro atoms. The Balaban J connectivity index is 1.83. The lowest BCUT2D eigenvalue weighted by atomic mass is 10.2. The van der Waals surface area contributed by atoms with E-state index in [1.807, 2.05) is 42.1 Å². The number of ether oxygens (including phenoxy) is 1. The molecule has 4 heteroatoms. The molecule has 1 aromatic heterocycles. The molecule has 0 amide bonds. The van der Waals surface area contributed by atoms with Gasteiger partial charge in [-0.1, -0.05) is 12.1 Å². The first-order chi connectivity index (χ1) is 8.29. The Morgan fingerprint density at radius 3 is 2.59 bits per heavy atom. The summed E-state index contributed by atoms with van der Waals surface area (Å²) in [5, 5.41) is 4.11. The van der Waals surface area contributed by atoms with Crippen molar-refractivity contribution in [2.75, 3.05) is 6.61 Å². The first-order valence-corrected chi connectivity index (χ1v) is 6.07. The molecule has 0 aliphatic heterocycles. The van der Waals surface area contributed by atoms with Gasteiger partial charge in [-0.05, 0) is 23.8 Å². The zero-order valence-electron chi connectivity index (χ0n) is 9.77. The number of rotatable bonds is 5. The van der Waals surface area contributed by atoms with E-state index in [0.29, 0.717) is 12.5 Å². The SMILES string of the molecule is Cn1nccc1CCOc1ccc(CCl)cc1. The molecule has 0 fully saturated rings. The Labute approximate surface area is 106 Å². The maximum absolute atomic E-state index is 5.72. The van der Waals surface area contributed by atoms with E-state index >= 15 is 0 Å². The summed E-state index contributed by atoms with van der Waals surface area (Å²) in [6.07, 6.45) is 2.65. The molecule has 0 aliphatic carbocycles. The molecule has 3 nitrogen and oxygen atoms in total. The minimum Gasteiger partial charge on any atom is -0.493 e. The molecule has 0 radical (unpaired) electrons. The van der Waals surface area contributed by atoms with Crippen molar-refractivity contribution in [2.45, 2.75) is 12.3 Å². The molecule has 2 aromatic rings. The zero-order chi connectivity index (χ0) is 12.1. The Hall–Kier alpha value is -1.48. The van der Waals surface area contributed by atoms with Gasteiger partial charge >= 0.3 is 0 Å². The highest BCUT2D eigenvalue weighted by Gasteiger charge is 1.99. The molecule has 0 saturated carbocycles. The third kappa shape index (κ3) is 3.24. The Morgan fingerprint density at radius 1 is 1.24 bits per heavy atom. The quantitative estimate of drug-likeness (QED) is 0.763. The van der Waals surface area contributed by atoms with E-state index in [0.717, 1.165) is 17.7 Å². The van der Waals surface area contributed by atoms with Gasteiger partial charge in [-0.25, -0.2) is 0 Å². The van der Waals surface area contributed by atoms with Crippen LogP contribution in [0.3, 0.4) is 0 Å². The lowest BCUT2D eigenvalue weighted by molar-refractivity contribution is 0.318. The van der Waals surface area contributed by atoms with Gasteiger partial charge in [-0.2, -0.15) is 5.10 Å². The summed E-state index contributed by atoms with van der Waals surface area (Å²) in [5.41, 5.74) is 2.27. The van der Waals surface area contributed by atoms with Crippen LogP contribution in [0.4, 0.5) is 0 Å². The standard InChI is InChI=1S/C13H15ClN2O/c1-16-12(6-8-15-16)7-9-17-13-4-2-11(10-14)3-5-13/h2-6,8H,7,9-10H2,1H3. The van der Waals surface area contributed by atoms with Crippen molar-refractivity contribution in [3.8, 4) is 5.75 Å². The molecule has 0 aliphatic rings. The molecule has 90 valence electrons. The Bertz CT molecular complexity index is 465. The van der Waals surface area contributed by atoms with Gasteiger partial charge in [0.15, 0.2) is 0 Å². The van der Waals surface area contributed by atoms with Crippen LogP contribution in [0.15, 0.2) is 36.5 Å². The monoisotopic (exact) mass is 250 g/mol. The Kier molecular flexibility index (Phi) is 4.04. The Morgan fingerprint density at radius 2 is 2.00 bits per heavy atom. The van der Waals surface area contributed by atoms with Crippen molar-refractivity contribution < 1.29 is 4.74 Å². The fraction of sp³-hybridized carbons (Fsp3) is 0.308. The second-order valence-corrected chi connectivity index (χ2v) is 4.09. The molecule has 2 rings (SSSR count). The van der Waals surface area contributed by atoms with Crippen molar-refractivity contribution >= 4 is 11.6 Å². The normalized spacial score (nSPS) is 10.5. The fourth-order valence-electron chi connectivity index (χ4n) is 1.59. The van der Waals surface area contributed by atoms with E-state index in [2.05, 4.69) is 5.10 Å². The third-order valence-electron chi connectivity index (χ3n) is 2.63. The first-order valence-electron chi connectivity index (χ1n) is 5.54. The summed E-state index contributed by atoms with van der Waals surface area (Å²) < 4.78 is 7.51. The highest BCUT2D eigenvalue weighted by molar-refractivity contribution is 6.17. The lowest BCUT2D eigenvalue weighted by Crippen LogP contribution is -2.05. The number of aryl methyl sites for hydroxylation is 1. The number of hydrogen-bond donors (Lipinski definition) is 0. The van der Waals surface area contributed by atoms with Gasteiger partial charge in [-0.15, -0.1) is 11.6 Å². The van der Waals surface area contributed by atoms with Gasteiger partial charge in [0, 0.05) is 31.2 Å². The summed E-state index contributed by atoms with van der Waals surface area (Å²) in [6.45, 7) is 0.653. The molecular weight excluding hydrogens is 236 g/mol. The van der Waals surface area contributed by atoms with E-state index < -0.39 is 0 Å². The maximum Gasteiger partial charge on any atom is 0.119 e. The molecular formula is C13H15ClN2O. The molecule has 17 heavy (non-hydrogen) atoms. The highest BCUT2D eigenvalue weighted by Crippen LogP contribution is 2.13. The second-order valence-electron chi connectivity index (χ2n) is 3.82. The second kappa shape index (κ2) is 5.73. The van der Waals surface area contributed by atoms with Crippen LogP contribution >= 0.6 is 11.6 Å². The molecule has 0 saturated heterocycles. The molecule has 0 N–H and O–H groups in total. The minimum atomic E-state index is 0.537. The predicted octanol–water partition coefficient (Wildman–Crippen LogP) is 2.78. The van der Waals surface area contributed by atoms with Crippen molar-refractivity contribution in [2.24, 2.45) is 7.05 Å². The molecule has 1 heterocycles. The van der Waals surface area contributed by atoms with Crippen LogP contribution in [-0.2, 0) is 19.3 Å². The van der Waals surface area contributed by atoms with Gasteiger partial charge in [0.2, 0.25) is 0 Å². The van der Waals surface area contributed by atoms with E-state index in [4.69, 9.17) is 16.3 Å². The lowest BCUT2D eigenvalue weighted by Gasteiger charge is -2.06. The summed E-state index contributed by atoms with van der Waals surface area (Å²) in [7, 11) is 1.94. The van der Waals surface area contributed by atoms with Gasteiger partial charge in [0.25, 0.3) is 0 Å². The highest BCUT2D eigenvalue weighted by atomic mass is 35.5. The van der Waals surface area contributed by atoms with Crippen LogP contribution in [0.1, 0.15) is 11.3 Å². The van der Waals surface area contributed by atoms with Crippen molar-refractivity contribution in [1.82, 2.24) is 9.78 Å². The summed E-state index contributed by atoms with van der Waals surface area (Å²) >= 11 is 5.72.